The largest absolute Gasteiger partial charge is 0.471 e. The van der Waals surface area contributed by atoms with Gasteiger partial charge in [-0.3, -0.25) is 14.9 Å². The Labute approximate surface area is 192 Å². The van der Waals surface area contributed by atoms with E-state index in [-0.39, 0.29) is 24.0 Å². The fourth-order valence-electron chi connectivity index (χ4n) is 3.52. The maximum Gasteiger partial charge on any atom is 0.471 e. The number of piperazine rings is 1. The molecule has 0 saturated carbocycles. The summed E-state index contributed by atoms with van der Waals surface area (Å²) >= 11 is 5.19. The Bertz CT molecular complexity index is 1150. The van der Waals surface area contributed by atoms with E-state index in [1.54, 1.807) is 36.4 Å². The van der Waals surface area contributed by atoms with Gasteiger partial charge in [-0.25, -0.2) is 0 Å². The van der Waals surface area contributed by atoms with Crippen LogP contribution in [0.5, 0.6) is 0 Å². The summed E-state index contributed by atoms with van der Waals surface area (Å²) in [5.41, 5.74) is 2.03. The first-order chi connectivity index (χ1) is 15.7. The molecule has 2 amide bonds. The molecule has 33 heavy (non-hydrogen) atoms. The number of nitrogens with zero attached hydrogens (tertiary/aromatic N) is 2. The third-order valence-corrected chi connectivity index (χ3v) is 5.38. The number of alkyl halides is 3. The van der Waals surface area contributed by atoms with Crippen LogP contribution >= 0.6 is 12.2 Å². The van der Waals surface area contributed by atoms with Gasteiger partial charge in [0.05, 0.1) is 0 Å². The molecular weight excluding hydrogens is 457 g/mol. The van der Waals surface area contributed by atoms with Gasteiger partial charge < -0.3 is 19.5 Å². The van der Waals surface area contributed by atoms with Crippen molar-refractivity contribution >= 4 is 51.5 Å². The third-order valence-electron chi connectivity index (χ3n) is 5.18. The first-order valence-electron chi connectivity index (χ1n) is 10.0. The Balaban J connectivity index is 1.30. The molecule has 3 aromatic rings. The average molecular weight is 476 g/mol. The maximum absolute atomic E-state index is 12.6. The van der Waals surface area contributed by atoms with Gasteiger partial charge in [0.15, 0.2) is 10.9 Å². The summed E-state index contributed by atoms with van der Waals surface area (Å²) in [4.78, 5) is 26.4. The van der Waals surface area contributed by atoms with Crippen LogP contribution in [0.3, 0.4) is 0 Å². The summed E-state index contributed by atoms with van der Waals surface area (Å²) in [5.74, 6) is -2.15. The van der Waals surface area contributed by atoms with Crippen molar-refractivity contribution in [3.63, 3.8) is 0 Å². The second kappa shape index (κ2) is 9.10. The number of carbonyl (C=O) groups is 2. The van der Waals surface area contributed by atoms with Gasteiger partial charge in [-0.15, -0.1) is 0 Å². The number of furan rings is 1. The minimum Gasteiger partial charge on any atom is -0.451 e. The Kier molecular flexibility index (Phi) is 6.23. The normalized spacial score (nSPS) is 14.3. The van der Waals surface area contributed by atoms with Crippen molar-refractivity contribution in [1.82, 2.24) is 10.2 Å². The molecule has 4 rings (SSSR count). The first-order valence-corrected chi connectivity index (χ1v) is 10.4. The van der Waals surface area contributed by atoms with Crippen LogP contribution < -0.4 is 15.5 Å². The first kappa shape index (κ1) is 22.6. The quantitative estimate of drug-likeness (QED) is 0.561. The van der Waals surface area contributed by atoms with E-state index in [0.717, 1.165) is 16.0 Å². The SMILES string of the molecule is O=C(NC(=S)Nc1ccc(N2CCN(C(=O)C(F)(F)F)CC2)cc1)c1cc2ccccc2o1. The van der Waals surface area contributed by atoms with Crippen LogP contribution in [0.4, 0.5) is 24.5 Å². The van der Waals surface area contributed by atoms with Gasteiger partial charge in [-0.2, -0.15) is 13.2 Å². The summed E-state index contributed by atoms with van der Waals surface area (Å²) in [5, 5.41) is 6.36. The predicted molar refractivity (Wildman–Crippen MR) is 121 cm³/mol. The molecule has 172 valence electrons. The molecule has 2 aromatic carbocycles. The van der Waals surface area contributed by atoms with Crippen molar-refractivity contribution < 1.29 is 27.2 Å². The molecule has 1 aliphatic heterocycles. The van der Waals surface area contributed by atoms with E-state index in [9.17, 15) is 22.8 Å². The second-order valence-electron chi connectivity index (χ2n) is 7.38. The summed E-state index contributed by atoms with van der Waals surface area (Å²) in [6, 6.07) is 15.9. The lowest BCUT2D eigenvalue weighted by atomic mass is 10.2. The molecule has 2 N–H and O–H groups in total. The van der Waals surface area contributed by atoms with E-state index >= 15 is 0 Å². The number of thiocarbonyl (C=S) groups is 1. The fourth-order valence-corrected chi connectivity index (χ4v) is 3.73. The zero-order valence-electron chi connectivity index (χ0n) is 17.2. The van der Waals surface area contributed by atoms with Gasteiger partial charge in [-0.1, -0.05) is 18.2 Å². The summed E-state index contributed by atoms with van der Waals surface area (Å²) < 4.78 is 43.2. The number of rotatable bonds is 3. The van der Waals surface area contributed by atoms with Gasteiger partial charge in [-0.05, 0) is 48.6 Å². The maximum atomic E-state index is 12.6. The lowest BCUT2D eigenvalue weighted by molar-refractivity contribution is -0.185. The van der Waals surface area contributed by atoms with E-state index in [2.05, 4.69) is 10.6 Å². The summed E-state index contributed by atoms with van der Waals surface area (Å²) in [7, 11) is 0. The van der Waals surface area contributed by atoms with Crippen molar-refractivity contribution in [2.45, 2.75) is 6.18 Å². The van der Waals surface area contributed by atoms with Crippen LogP contribution in [0.15, 0.2) is 59.0 Å². The van der Waals surface area contributed by atoms with Crippen LogP contribution in [0.25, 0.3) is 11.0 Å². The molecule has 0 spiro atoms. The van der Waals surface area contributed by atoms with Gasteiger partial charge in [0, 0.05) is 42.9 Å². The lowest BCUT2D eigenvalue weighted by Gasteiger charge is -2.36. The lowest BCUT2D eigenvalue weighted by Crippen LogP contribution is -2.52. The average Bonchev–Trinajstić information content (AvgIpc) is 3.23. The van der Waals surface area contributed by atoms with Crippen LogP contribution in [-0.2, 0) is 4.79 Å². The van der Waals surface area contributed by atoms with E-state index in [4.69, 9.17) is 16.6 Å². The molecule has 0 atom stereocenters. The van der Waals surface area contributed by atoms with E-state index in [1.807, 2.05) is 23.1 Å². The standard InChI is InChI=1S/C22H19F3N4O3S/c23-22(24,25)20(31)29-11-9-28(10-12-29)16-7-5-15(6-8-16)26-21(33)27-19(30)18-13-14-3-1-2-4-17(14)32-18/h1-8,13H,9-12H2,(H2,26,27,30,33). The second-order valence-corrected chi connectivity index (χ2v) is 7.79. The van der Waals surface area contributed by atoms with E-state index < -0.39 is 18.0 Å². The molecule has 0 aliphatic carbocycles. The molecule has 1 fully saturated rings. The highest BCUT2D eigenvalue weighted by Crippen LogP contribution is 2.23. The van der Waals surface area contributed by atoms with Crippen LogP contribution in [0.2, 0.25) is 0 Å². The molecule has 2 heterocycles. The van der Waals surface area contributed by atoms with Crippen molar-refractivity contribution in [3.8, 4) is 0 Å². The molecule has 1 saturated heterocycles. The van der Waals surface area contributed by atoms with Gasteiger partial charge in [0.25, 0.3) is 5.91 Å². The topological polar surface area (TPSA) is 77.8 Å². The van der Waals surface area contributed by atoms with Crippen LogP contribution in [0, 0.1) is 0 Å². The smallest absolute Gasteiger partial charge is 0.451 e. The number of amides is 2. The van der Waals surface area contributed by atoms with Gasteiger partial charge >= 0.3 is 12.1 Å². The molecular formula is C22H19F3N4O3S. The van der Waals surface area contributed by atoms with E-state index in [0.29, 0.717) is 24.4 Å². The molecule has 0 unspecified atom stereocenters. The number of para-hydroxylation sites is 1. The molecule has 0 radical (unpaired) electrons. The molecule has 0 bridgehead atoms. The van der Waals surface area contributed by atoms with Gasteiger partial charge in [0.1, 0.15) is 5.58 Å². The number of fused-ring (bicyclic) bond motifs is 1. The fraction of sp³-hybridized carbons (Fsp3) is 0.227. The zero-order chi connectivity index (χ0) is 23.6. The number of hydrogen-bond donors (Lipinski definition) is 2. The number of carbonyl (C=O) groups excluding carboxylic acids is 2. The van der Waals surface area contributed by atoms with Gasteiger partial charge in [0.2, 0.25) is 0 Å². The van der Waals surface area contributed by atoms with Crippen molar-refractivity contribution in [1.29, 1.82) is 0 Å². The summed E-state index contributed by atoms with van der Waals surface area (Å²) in [6.45, 7) is 0.577. The minimum atomic E-state index is -4.85. The van der Waals surface area contributed by atoms with Crippen molar-refractivity contribution in [2.24, 2.45) is 0 Å². The molecule has 11 heteroatoms. The van der Waals surface area contributed by atoms with Crippen LogP contribution in [-0.4, -0.2) is 54.2 Å². The predicted octanol–water partition coefficient (Wildman–Crippen LogP) is 3.77. The van der Waals surface area contributed by atoms with E-state index in [1.165, 1.54) is 0 Å². The highest BCUT2D eigenvalue weighted by molar-refractivity contribution is 7.80. The third kappa shape index (κ3) is 5.25. The number of nitrogens with one attached hydrogen (secondary N) is 2. The highest BCUT2D eigenvalue weighted by Gasteiger charge is 2.43. The number of hydrogen-bond acceptors (Lipinski definition) is 5. The number of anilines is 2. The highest BCUT2D eigenvalue weighted by atomic mass is 32.1. The monoisotopic (exact) mass is 476 g/mol. The molecule has 1 aliphatic rings. The minimum absolute atomic E-state index is 0.00372. The van der Waals surface area contributed by atoms with Crippen molar-refractivity contribution in [2.75, 3.05) is 36.4 Å². The number of benzene rings is 2. The van der Waals surface area contributed by atoms with Crippen LogP contribution in [0.1, 0.15) is 10.6 Å². The Morgan fingerprint density at radius 3 is 2.27 bits per heavy atom. The van der Waals surface area contributed by atoms with Crippen molar-refractivity contribution in [3.05, 3.63) is 60.4 Å². The Morgan fingerprint density at radius 2 is 1.64 bits per heavy atom. The molecule has 7 nitrogen and oxygen atoms in total. The zero-order valence-corrected chi connectivity index (χ0v) is 18.0. The summed E-state index contributed by atoms with van der Waals surface area (Å²) in [6.07, 6.45) is -4.85. The Hall–Kier alpha value is -3.60. The number of halogens is 3. The molecule has 1 aromatic heterocycles. The Morgan fingerprint density at radius 1 is 0.970 bits per heavy atom.